The largest absolute Gasteiger partial charge is 0.449 e. The van der Waals surface area contributed by atoms with E-state index in [1.165, 1.54) is 25.1 Å². The van der Waals surface area contributed by atoms with E-state index in [0.29, 0.717) is 0 Å². The van der Waals surface area contributed by atoms with Crippen molar-refractivity contribution in [1.82, 2.24) is 0 Å². The molecule has 0 N–H and O–H groups in total. The van der Waals surface area contributed by atoms with Crippen LogP contribution in [0.3, 0.4) is 0 Å². The van der Waals surface area contributed by atoms with E-state index in [2.05, 4.69) is 78.9 Å². The van der Waals surface area contributed by atoms with Crippen molar-refractivity contribution in [2.24, 2.45) is 0 Å². The van der Waals surface area contributed by atoms with Crippen LogP contribution in [-0.4, -0.2) is 0 Å². The monoisotopic (exact) mass is 478 g/mol. The third-order valence-corrected chi connectivity index (χ3v) is 10.7. The predicted molar refractivity (Wildman–Crippen MR) is 137 cm³/mol. The van der Waals surface area contributed by atoms with E-state index in [1.54, 1.807) is 0 Å². The molecule has 1 atom stereocenters. The first-order valence-electron chi connectivity index (χ1n) is 11.1. The second kappa shape index (κ2) is 7.42. The summed E-state index contributed by atoms with van der Waals surface area (Å²) in [6.07, 6.45) is 0. The van der Waals surface area contributed by atoms with E-state index in [0.717, 1.165) is 33.6 Å². The molecule has 5 aromatic carbocycles. The molecule has 34 heavy (non-hydrogen) atoms. The van der Waals surface area contributed by atoms with Crippen LogP contribution >= 0.6 is 21.6 Å². The molecular weight excluding hydrogens is 460 g/mol. The third-order valence-electron chi connectivity index (χ3n) is 6.44. The maximum atomic E-state index is 6.53. The van der Waals surface area contributed by atoms with Crippen molar-refractivity contribution in [3.63, 3.8) is 0 Å². The zero-order valence-electron chi connectivity index (χ0n) is 18.1. The molecule has 4 heteroatoms. The highest BCUT2D eigenvalue weighted by atomic mass is 35.5. The minimum atomic E-state index is -1.76. The van der Waals surface area contributed by atoms with E-state index >= 15 is 0 Å². The molecule has 0 aliphatic carbocycles. The summed E-state index contributed by atoms with van der Waals surface area (Å²) in [5.74, 6) is 3.00. The fourth-order valence-corrected chi connectivity index (χ4v) is 9.37. The molecule has 1 unspecified atom stereocenters. The Hall–Kier alpha value is -3.66. The van der Waals surface area contributed by atoms with Crippen LogP contribution in [0.15, 0.2) is 135 Å². The number of para-hydroxylation sites is 2. The van der Waals surface area contributed by atoms with Crippen molar-refractivity contribution in [3.8, 4) is 34.1 Å². The second-order valence-electron chi connectivity index (χ2n) is 8.29. The van der Waals surface area contributed by atoms with Gasteiger partial charge < -0.3 is 9.47 Å². The van der Waals surface area contributed by atoms with Crippen LogP contribution in [-0.2, 0) is 0 Å². The number of hydrogen-bond acceptors (Lipinski definition) is 2. The Morgan fingerprint density at radius 2 is 1.15 bits per heavy atom. The zero-order valence-corrected chi connectivity index (χ0v) is 19.6. The highest BCUT2D eigenvalue weighted by Gasteiger charge is 2.44. The van der Waals surface area contributed by atoms with E-state index < -0.39 is 10.0 Å². The standard InChI is InChI=1S/C30H19ClO2S/c31-20-14-16-22(17-15-20)34(21-8-2-1-3-9-21)27-13-7-4-10-23(27)29-28(34)19-18-26-30(29)33-25-12-6-5-11-24(25)32-26/h1-19H. The van der Waals surface area contributed by atoms with Crippen LogP contribution < -0.4 is 9.47 Å². The Balaban J connectivity index is 1.59. The number of rotatable bonds is 2. The smallest absolute Gasteiger partial charge is 0.179 e. The lowest BCUT2D eigenvalue weighted by Crippen LogP contribution is -2.03. The summed E-state index contributed by atoms with van der Waals surface area (Å²) in [6.45, 7) is 0. The molecule has 2 nitrogen and oxygen atoms in total. The average molecular weight is 479 g/mol. The van der Waals surface area contributed by atoms with Crippen LogP contribution in [0.5, 0.6) is 23.0 Å². The van der Waals surface area contributed by atoms with Gasteiger partial charge in [-0.2, -0.15) is 0 Å². The van der Waals surface area contributed by atoms with Gasteiger partial charge in [-0.1, -0.05) is 60.1 Å². The lowest BCUT2D eigenvalue weighted by atomic mass is 10.0. The Bertz CT molecular complexity index is 1560. The van der Waals surface area contributed by atoms with Crippen molar-refractivity contribution >= 4 is 21.6 Å². The van der Waals surface area contributed by atoms with Gasteiger partial charge in [0.2, 0.25) is 0 Å². The molecule has 0 bridgehead atoms. The minimum absolute atomic E-state index is 0.733. The second-order valence-corrected chi connectivity index (χ2v) is 11.8. The first-order chi connectivity index (χ1) is 16.8. The van der Waals surface area contributed by atoms with Crippen LogP contribution in [0.25, 0.3) is 11.1 Å². The minimum Gasteiger partial charge on any atom is -0.449 e. The predicted octanol–water partition coefficient (Wildman–Crippen LogP) is 9.56. The summed E-state index contributed by atoms with van der Waals surface area (Å²) in [5.41, 5.74) is 2.29. The van der Waals surface area contributed by atoms with Gasteiger partial charge in [0.25, 0.3) is 0 Å². The van der Waals surface area contributed by atoms with Crippen molar-refractivity contribution in [1.29, 1.82) is 0 Å². The fourth-order valence-electron chi connectivity index (χ4n) is 5.05. The van der Waals surface area contributed by atoms with Crippen LogP contribution in [0.1, 0.15) is 0 Å². The molecule has 0 radical (unpaired) electrons. The van der Waals surface area contributed by atoms with Gasteiger partial charge >= 0.3 is 0 Å². The molecule has 0 saturated carbocycles. The van der Waals surface area contributed by atoms with Crippen molar-refractivity contribution in [2.75, 3.05) is 0 Å². The first-order valence-corrected chi connectivity index (χ1v) is 13.1. The van der Waals surface area contributed by atoms with Gasteiger partial charge in [-0.15, -0.1) is 10.0 Å². The molecule has 0 aromatic heterocycles. The van der Waals surface area contributed by atoms with E-state index in [4.69, 9.17) is 21.1 Å². The summed E-state index contributed by atoms with van der Waals surface area (Å²) in [5, 5.41) is 0.733. The van der Waals surface area contributed by atoms with Crippen LogP contribution in [0.4, 0.5) is 0 Å². The van der Waals surface area contributed by atoms with E-state index in [1.807, 2.05) is 36.4 Å². The zero-order chi connectivity index (χ0) is 22.7. The summed E-state index contributed by atoms with van der Waals surface area (Å²) >= 11 is 6.33. The summed E-state index contributed by atoms with van der Waals surface area (Å²) in [7, 11) is -1.76. The number of benzene rings is 5. The molecular formula is C30H19ClO2S. The van der Waals surface area contributed by atoms with Crippen molar-refractivity contribution in [2.45, 2.75) is 19.6 Å². The van der Waals surface area contributed by atoms with Crippen molar-refractivity contribution in [3.05, 3.63) is 120 Å². The summed E-state index contributed by atoms with van der Waals surface area (Å²) in [6, 6.07) is 39.9. The molecule has 164 valence electrons. The molecule has 0 amide bonds. The number of halogens is 1. The maximum Gasteiger partial charge on any atom is 0.179 e. The molecule has 0 saturated heterocycles. The Labute approximate surface area is 204 Å². The molecule has 0 fully saturated rings. The normalized spacial score (nSPS) is 18.9. The third kappa shape index (κ3) is 2.65. The van der Waals surface area contributed by atoms with Gasteiger partial charge in [0.05, 0.1) is 0 Å². The Morgan fingerprint density at radius 3 is 1.94 bits per heavy atom. The van der Waals surface area contributed by atoms with Gasteiger partial charge in [-0.3, -0.25) is 0 Å². The highest BCUT2D eigenvalue weighted by molar-refractivity contribution is 8.34. The van der Waals surface area contributed by atoms with Crippen LogP contribution in [0.2, 0.25) is 5.02 Å². The molecule has 0 spiro atoms. The molecule has 5 aromatic rings. The SMILES string of the molecule is Clc1ccc(S2(c3ccccc3)c3ccccc3-c3c2ccc2c3Oc3ccccc3O2)cc1. The first kappa shape index (κ1) is 19.8. The van der Waals surface area contributed by atoms with Gasteiger partial charge in [0, 0.05) is 30.2 Å². The molecule has 2 heterocycles. The Kier molecular flexibility index (Phi) is 4.32. The average Bonchev–Trinajstić information content (AvgIpc) is 3.20. The number of hydrogen-bond donors (Lipinski definition) is 0. The van der Waals surface area contributed by atoms with Gasteiger partial charge in [0.15, 0.2) is 23.0 Å². The lowest BCUT2D eigenvalue weighted by Gasteiger charge is -2.39. The van der Waals surface area contributed by atoms with Crippen LogP contribution in [0, 0.1) is 0 Å². The quantitative estimate of drug-likeness (QED) is 0.246. The number of fused-ring (bicyclic) bond motifs is 6. The fraction of sp³-hybridized carbons (Fsp3) is 0. The molecule has 7 rings (SSSR count). The summed E-state index contributed by atoms with van der Waals surface area (Å²) < 4.78 is 12.8. The van der Waals surface area contributed by atoms with E-state index in [-0.39, 0.29) is 0 Å². The van der Waals surface area contributed by atoms with E-state index in [9.17, 15) is 0 Å². The van der Waals surface area contributed by atoms with Gasteiger partial charge in [-0.25, -0.2) is 0 Å². The molecule has 2 aliphatic rings. The van der Waals surface area contributed by atoms with Gasteiger partial charge in [0.1, 0.15) is 0 Å². The lowest BCUT2D eigenvalue weighted by molar-refractivity contribution is 0.360. The Morgan fingerprint density at radius 1 is 0.500 bits per heavy atom. The molecule has 2 aliphatic heterocycles. The maximum absolute atomic E-state index is 6.53. The van der Waals surface area contributed by atoms with Crippen molar-refractivity contribution < 1.29 is 9.47 Å². The van der Waals surface area contributed by atoms with Gasteiger partial charge in [-0.05, 0) is 72.3 Å². The number of ether oxygens (including phenoxy) is 2. The topological polar surface area (TPSA) is 18.5 Å². The summed E-state index contributed by atoms with van der Waals surface area (Å²) in [4.78, 5) is 5.07. The highest BCUT2D eigenvalue weighted by Crippen LogP contribution is 2.81.